The van der Waals surface area contributed by atoms with Crippen molar-refractivity contribution in [3.05, 3.63) is 65.8 Å². The highest BCUT2D eigenvalue weighted by Gasteiger charge is 2.19. The molecule has 32 heavy (non-hydrogen) atoms. The molecule has 11 heteroatoms. The number of rotatable bonds is 5. The van der Waals surface area contributed by atoms with Gasteiger partial charge in [0.15, 0.2) is 11.4 Å². The van der Waals surface area contributed by atoms with Crippen LogP contribution in [0.15, 0.2) is 55.1 Å². The predicted octanol–water partition coefficient (Wildman–Crippen LogP) is 4.45. The molecule has 158 valence electrons. The molecule has 8 nitrogen and oxygen atoms in total. The van der Waals surface area contributed by atoms with Crippen molar-refractivity contribution in [2.45, 2.75) is 13.0 Å². The zero-order chi connectivity index (χ0) is 22.2. The third kappa shape index (κ3) is 3.38. The second-order valence-corrected chi connectivity index (χ2v) is 7.15. The van der Waals surface area contributed by atoms with Gasteiger partial charge in [0.2, 0.25) is 0 Å². The molecule has 0 atom stereocenters. The summed E-state index contributed by atoms with van der Waals surface area (Å²) in [5.41, 5.74) is 3.03. The number of alkyl halides is 2. The van der Waals surface area contributed by atoms with E-state index in [0.29, 0.717) is 38.5 Å². The smallest absolute Gasteiger partial charge is 0.387 e. The van der Waals surface area contributed by atoms with Gasteiger partial charge >= 0.3 is 6.61 Å². The van der Waals surface area contributed by atoms with Crippen molar-refractivity contribution in [1.82, 2.24) is 29.4 Å². The van der Waals surface area contributed by atoms with E-state index in [1.165, 1.54) is 22.9 Å². The number of nitrogens with zero attached hydrogens (tertiary/aromatic N) is 7. The Labute approximate surface area is 184 Å². The van der Waals surface area contributed by atoms with Crippen LogP contribution in [0.1, 0.15) is 5.69 Å². The van der Waals surface area contributed by atoms with Crippen molar-refractivity contribution in [2.24, 2.45) is 0 Å². The van der Waals surface area contributed by atoms with E-state index in [9.17, 15) is 14.0 Å². The van der Waals surface area contributed by atoms with Gasteiger partial charge in [0, 0.05) is 29.0 Å². The molecule has 0 N–H and O–H groups in total. The quantitative estimate of drug-likeness (QED) is 0.392. The lowest BCUT2D eigenvalue weighted by molar-refractivity contribution is -0.0498. The summed E-state index contributed by atoms with van der Waals surface area (Å²) in [5, 5.41) is 18.9. The molecule has 4 aromatic heterocycles. The lowest BCUT2D eigenvalue weighted by Gasteiger charge is -2.12. The van der Waals surface area contributed by atoms with E-state index in [1.54, 1.807) is 41.4 Å². The molecular weight excluding hydrogens is 440 g/mol. The van der Waals surface area contributed by atoms with Crippen LogP contribution >= 0.6 is 11.6 Å². The van der Waals surface area contributed by atoms with Crippen LogP contribution in [-0.4, -0.2) is 36.0 Å². The van der Waals surface area contributed by atoms with Gasteiger partial charge in [-0.2, -0.15) is 24.2 Å². The Morgan fingerprint density at radius 1 is 1.19 bits per heavy atom. The predicted molar refractivity (Wildman–Crippen MR) is 112 cm³/mol. The lowest BCUT2D eigenvalue weighted by Crippen LogP contribution is -2.07. The third-order valence-corrected chi connectivity index (χ3v) is 5.04. The van der Waals surface area contributed by atoms with Crippen LogP contribution in [0.5, 0.6) is 5.75 Å². The van der Waals surface area contributed by atoms with Crippen molar-refractivity contribution >= 4 is 28.2 Å². The van der Waals surface area contributed by atoms with Gasteiger partial charge in [-0.3, -0.25) is 4.98 Å². The van der Waals surface area contributed by atoms with Crippen molar-refractivity contribution in [3.63, 3.8) is 0 Å². The zero-order valence-corrected chi connectivity index (χ0v) is 16.9. The standard InChI is InChI=1S/C21H12ClF2N7O/c22-12-2-3-19(32-21(23)24)18(8-12)31-17-9-16(27-10-13(17)15(29-31)4-5-25)14-11-28-30-7-1-6-26-20(14)30/h1-3,6-11,21H,4H2. The number of halogens is 3. The summed E-state index contributed by atoms with van der Waals surface area (Å²) in [7, 11) is 0. The molecule has 0 fully saturated rings. The molecule has 0 saturated heterocycles. The SMILES string of the molecule is N#CCc1nn(-c2cc(Cl)ccc2OC(F)F)c2cc(-c3cnn4cccnc34)ncc12. The molecular formula is C21H12ClF2N7O. The minimum absolute atomic E-state index is 0.00833. The molecule has 0 aliphatic heterocycles. The van der Waals surface area contributed by atoms with E-state index >= 15 is 0 Å². The van der Waals surface area contributed by atoms with Gasteiger partial charge in [-0.1, -0.05) is 11.6 Å². The van der Waals surface area contributed by atoms with Crippen LogP contribution in [-0.2, 0) is 6.42 Å². The Morgan fingerprint density at radius 2 is 2.06 bits per heavy atom. The first kappa shape index (κ1) is 19.8. The third-order valence-electron chi connectivity index (χ3n) is 4.81. The van der Waals surface area contributed by atoms with Gasteiger partial charge in [-0.25, -0.2) is 14.2 Å². The largest absolute Gasteiger partial charge is 0.433 e. The minimum Gasteiger partial charge on any atom is -0.433 e. The molecule has 0 amide bonds. The van der Waals surface area contributed by atoms with Gasteiger partial charge in [0.05, 0.1) is 41.2 Å². The highest BCUT2D eigenvalue weighted by atomic mass is 35.5. The molecule has 0 spiro atoms. The summed E-state index contributed by atoms with van der Waals surface area (Å²) >= 11 is 6.13. The Hall–Kier alpha value is -4.10. The first-order chi connectivity index (χ1) is 15.5. The van der Waals surface area contributed by atoms with Crippen LogP contribution in [0.4, 0.5) is 8.78 Å². The topological polar surface area (TPSA) is 93.9 Å². The van der Waals surface area contributed by atoms with Crippen LogP contribution in [0.2, 0.25) is 5.02 Å². The molecule has 0 saturated carbocycles. The van der Waals surface area contributed by atoms with E-state index in [4.69, 9.17) is 11.6 Å². The normalized spacial score (nSPS) is 11.3. The number of hydrogen-bond donors (Lipinski definition) is 0. The molecule has 5 rings (SSSR count). The summed E-state index contributed by atoms with van der Waals surface area (Å²) in [6.45, 7) is -3.03. The van der Waals surface area contributed by atoms with Crippen LogP contribution in [0, 0.1) is 11.3 Å². The zero-order valence-electron chi connectivity index (χ0n) is 16.2. The number of aromatic nitrogens is 6. The maximum Gasteiger partial charge on any atom is 0.387 e. The molecule has 5 aromatic rings. The second-order valence-electron chi connectivity index (χ2n) is 6.72. The first-order valence-electron chi connectivity index (χ1n) is 9.33. The average Bonchev–Trinajstić information content (AvgIpc) is 3.36. The molecule has 0 aliphatic rings. The molecule has 0 unspecified atom stereocenters. The van der Waals surface area contributed by atoms with Gasteiger partial charge in [0.25, 0.3) is 0 Å². The van der Waals surface area contributed by atoms with Crippen LogP contribution < -0.4 is 4.74 Å². The maximum absolute atomic E-state index is 13.0. The van der Waals surface area contributed by atoms with Crippen molar-refractivity contribution in [2.75, 3.05) is 0 Å². The Bertz CT molecular complexity index is 1510. The van der Waals surface area contributed by atoms with E-state index in [0.717, 1.165) is 0 Å². The van der Waals surface area contributed by atoms with E-state index < -0.39 is 6.61 Å². The molecule has 0 bridgehead atoms. The summed E-state index contributed by atoms with van der Waals surface area (Å²) in [4.78, 5) is 8.85. The van der Waals surface area contributed by atoms with Gasteiger partial charge < -0.3 is 4.74 Å². The molecule has 1 aromatic carbocycles. The molecule has 0 radical (unpaired) electrons. The lowest BCUT2D eigenvalue weighted by atomic mass is 10.1. The van der Waals surface area contributed by atoms with E-state index in [1.807, 2.05) is 0 Å². The Balaban J connectivity index is 1.76. The fourth-order valence-electron chi connectivity index (χ4n) is 3.47. The van der Waals surface area contributed by atoms with E-state index in [2.05, 4.69) is 31.0 Å². The summed E-state index contributed by atoms with van der Waals surface area (Å²) in [5.74, 6) is -0.103. The van der Waals surface area contributed by atoms with Crippen LogP contribution in [0.25, 0.3) is 33.5 Å². The Morgan fingerprint density at radius 3 is 2.88 bits per heavy atom. The van der Waals surface area contributed by atoms with E-state index in [-0.39, 0.29) is 17.9 Å². The molecule has 4 heterocycles. The minimum atomic E-state index is -3.03. The summed E-state index contributed by atoms with van der Waals surface area (Å²) in [6, 6.07) is 9.82. The number of fused-ring (bicyclic) bond motifs is 2. The number of nitriles is 1. The number of pyridine rings is 1. The van der Waals surface area contributed by atoms with Gasteiger partial charge in [0.1, 0.15) is 5.69 Å². The number of benzene rings is 1. The monoisotopic (exact) mass is 451 g/mol. The van der Waals surface area contributed by atoms with Gasteiger partial charge in [-0.15, -0.1) is 0 Å². The highest BCUT2D eigenvalue weighted by Crippen LogP contribution is 2.33. The Kier molecular flexibility index (Phi) is 4.88. The van der Waals surface area contributed by atoms with Crippen molar-refractivity contribution in [1.29, 1.82) is 5.26 Å². The van der Waals surface area contributed by atoms with Gasteiger partial charge in [-0.05, 0) is 30.3 Å². The highest BCUT2D eigenvalue weighted by molar-refractivity contribution is 6.30. The average molecular weight is 452 g/mol. The van der Waals surface area contributed by atoms with Crippen molar-refractivity contribution in [3.8, 4) is 28.8 Å². The van der Waals surface area contributed by atoms with Crippen molar-refractivity contribution < 1.29 is 13.5 Å². The summed E-state index contributed by atoms with van der Waals surface area (Å²) < 4.78 is 33.7. The maximum atomic E-state index is 13.0. The number of hydrogen-bond acceptors (Lipinski definition) is 6. The first-order valence-corrected chi connectivity index (χ1v) is 9.71. The fraction of sp³-hybridized carbons (Fsp3) is 0.0952. The molecule has 0 aliphatic carbocycles. The summed E-state index contributed by atoms with van der Waals surface area (Å²) in [6.07, 6.45) is 6.64. The second kappa shape index (κ2) is 7.86. The van der Waals surface area contributed by atoms with Crippen LogP contribution in [0.3, 0.4) is 0 Å². The number of ether oxygens (including phenoxy) is 1. The fourth-order valence-corrected chi connectivity index (χ4v) is 3.63.